The first kappa shape index (κ1) is 18.2. The molecular formula is C15H20N6O4. The fourth-order valence-electron chi connectivity index (χ4n) is 2.04. The van der Waals surface area contributed by atoms with Gasteiger partial charge in [-0.3, -0.25) is 23.7 Å². The molecule has 0 atom stereocenters. The van der Waals surface area contributed by atoms with E-state index >= 15 is 0 Å². The van der Waals surface area contributed by atoms with Crippen LogP contribution in [0, 0.1) is 6.92 Å². The Kier molecular flexibility index (Phi) is 6.26. The van der Waals surface area contributed by atoms with Gasteiger partial charge in [0.25, 0.3) is 5.91 Å². The number of carbonyl (C=O) groups excluding carboxylic acids is 2. The fourth-order valence-corrected chi connectivity index (χ4v) is 2.04. The van der Waals surface area contributed by atoms with Gasteiger partial charge in [-0.05, 0) is 19.1 Å². The number of aliphatic carboxylic acids is 1. The zero-order valence-electron chi connectivity index (χ0n) is 13.8. The molecule has 25 heavy (non-hydrogen) atoms. The molecule has 0 bridgehead atoms. The summed E-state index contributed by atoms with van der Waals surface area (Å²) in [4.78, 5) is 34.2. The molecule has 0 unspecified atom stereocenters. The SMILES string of the molecule is Cc1ccnn1CC(=O)NCCNC(=O)c1ccn(CCC(=O)O)n1. The molecule has 10 heteroatoms. The Hall–Kier alpha value is -3.17. The lowest BCUT2D eigenvalue weighted by Gasteiger charge is -2.07. The summed E-state index contributed by atoms with van der Waals surface area (Å²) in [6, 6.07) is 3.32. The third-order valence-electron chi connectivity index (χ3n) is 3.38. The summed E-state index contributed by atoms with van der Waals surface area (Å²) >= 11 is 0. The second-order valence-electron chi connectivity index (χ2n) is 5.34. The third-order valence-corrected chi connectivity index (χ3v) is 3.38. The van der Waals surface area contributed by atoms with Crippen LogP contribution in [0.3, 0.4) is 0 Å². The van der Waals surface area contributed by atoms with Gasteiger partial charge < -0.3 is 15.7 Å². The molecule has 0 saturated carbocycles. The second kappa shape index (κ2) is 8.62. The molecule has 2 amide bonds. The predicted molar refractivity (Wildman–Crippen MR) is 86.8 cm³/mol. The minimum absolute atomic E-state index is 0.0650. The molecule has 2 aromatic rings. The summed E-state index contributed by atoms with van der Waals surface area (Å²) in [6.45, 7) is 2.72. The van der Waals surface area contributed by atoms with Gasteiger partial charge in [-0.2, -0.15) is 10.2 Å². The Morgan fingerprint density at radius 3 is 2.64 bits per heavy atom. The number of nitrogens with zero attached hydrogens (tertiary/aromatic N) is 4. The summed E-state index contributed by atoms with van der Waals surface area (Å²) < 4.78 is 2.98. The summed E-state index contributed by atoms with van der Waals surface area (Å²) in [5, 5.41) is 22.0. The molecule has 0 aromatic carbocycles. The first-order chi connectivity index (χ1) is 12.0. The fraction of sp³-hybridized carbons (Fsp3) is 0.400. The van der Waals surface area contributed by atoms with Gasteiger partial charge in [-0.15, -0.1) is 0 Å². The van der Waals surface area contributed by atoms with E-state index in [4.69, 9.17) is 5.11 Å². The van der Waals surface area contributed by atoms with Gasteiger partial charge in [0.15, 0.2) is 0 Å². The maximum atomic E-state index is 11.9. The number of hydrogen-bond acceptors (Lipinski definition) is 5. The monoisotopic (exact) mass is 348 g/mol. The summed E-state index contributed by atoms with van der Waals surface area (Å²) in [7, 11) is 0. The molecule has 0 saturated heterocycles. The number of nitrogens with one attached hydrogen (secondary N) is 2. The lowest BCUT2D eigenvalue weighted by Crippen LogP contribution is -2.36. The Balaban J connectivity index is 1.67. The summed E-state index contributed by atoms with van der Waals surface area (Å²) in [5.74, 6) is -1.51. The summed E-state index contributed by atoms with van der Waals surface area (Å²) in [6.07, 6.45) is 3.11. The van der Waals surface area contributed by atoms with Crippen LogP contribution in [-0.2, 0) is 22.7 Å². The number of amides is 2. The van der Waals surface area contributed by atoms with Crippen molar-refractivity contribution in [1.29, 1.82) is 0 Å². The molecule has 2 aromatic heterocycles. The van der Waals surface area contributed by atoms with Crippen LogP contribution in [0.4, 0.5) is 0 Å². The van der Waals surface area contributed by atoms with Gasteiger partial charge in [0, 0.05) is 31.2 Å². The van der Waals surface area contributed by atoms with Crippen LogP contribution >= 0.6 is 0 Å². The predicted octanol–water partition coefficient (Wildman–Crippen LogP) is -0.591. The maximum Gasteiger partial charge on any atom is 0.305 e. The van der Waals surface area contributed by atoms with Crippen LogP contribution in [0.25, 0.3) is 0 Å². The van der Waals surface area contributed by atoms with E-state index in [0.29, 0.717) is 0 Å². The average Bonchev–Trinajstić information content (AvgIpc) is 3.19. The lowest BCUT2D eigenvalue weighted by molar-refractivity contribution is -0.137. The Labute approximate surface area is 143 Å². The van der Waals surface area contributed by atoms with Gasteiger partial charge >= 0.3 is 5.97 Å². The Morgan fingerprint density at radius 2 is 1.96 bits per heavy atom. The molecule has 0 fully saturated rings. The zero-order chi connectivity index (χ0) is 18.2. The van der Waals surface area contributed by atoms with E-state index in [0.717, 1.165) is 5.69 Å². The first-order valence-corrected chi connectivity index (χ1v) is 7.74. The number of carbonyl (C=O) groups is 3. The van der Waals surface area contributed by atoms with Crippen molar-refractivity contribution in [3.63, 3.8) is 0 Å². The van der Waals surface area contributed by atoms with Crippen molar-refractivity contribution < 1.29 is 19.5 Å². The number of hydrogen-bond donors (Lipinski definition) is 3. The van der Waals surface area contributed by atoms with E-state index in [1.54, 1.807) is 17.1 Å². The van der Waals surface area contributed by atoms with E-state index in [1.165, 1.54) is 10.7 Å². The molecule has 10 nitrogen and oxygen atoms in total. The topological polar surface area (TPSA) is 131 Å². The molecule has 0 spiro atoms. The van der Waals surface area contributed by atoms with E-state index in [-0.39, 0.29) is 50.1 Å². The minimum Gasteiger partial charge on any atom is -0.481 e. The Morgan fingerprint density at radius 1 is 1.20 bits per heavy atom. The zero-order valence-corrected chi connectivity index (χ0v) is 13.8. The lowest BCUT2D eigenvalue weighted by atomic mass is 10.4. The first-order valence-electron chi connectivity index (χ1n) is 7.74. The van der Waals surface area contributed by atoms with Crippen molar-refractivity contribution in [3.8, 4) is 0 Å². The molecule has 0 aliphatic rings. The maximum absolute atomic E-state index is 11.9. The standard InChI is InChI=1S/C15H20N6O4/c1-11-2-5-18-21(11)10-13(22)16-6-7-17-15(25)12-3-8-20(19-12)9-4-14(23)24/h2-3,5,8H,4,6-7,9-10H2,1H3,(H,16,22)(H,17,25)(H,23,24). The largest absolute Gasteiger partial charge is 0.481 e. The highest BCUT2D eigenvalue weighted by atomic mass is 16.4. The van der Waals surface area contributed by atoms with Crippen molar-refractivity contribution in [1.82, 2.24) is 30.2 Å². The van der Waals surface area contributed by atoms with E-state index in [1.807, 2.05) is 13.0 Å². The van der Waals surface area contributed by atoms with Gasteiger partial charge in [-0.25, -0.2) is 0 Å². The quantitative estimate of drug-likeness (QED) is 0.519. The van der Waals surface area contributed by atoms with Crippen LogP contribution in [0.5, 0.6) is 0 Å². The molecule has 2 rings (SSSR count). The normalized spacial score (nSPS) is 10.4. The Bertz CT molecular complexity index is 751. The summed E-state index contributed by atoms with van der Waals surface area (Å²) in [5.41, 5.74) is 1.09. The minimum atomic E-state index is -0.928. The highest BCUT2D eigenvalue weighted by Gasteiger charge is 2.10. The van der Waals surface area contributed by atoms with Crippen LogP contribution in [0.1, 0.15) is 22.6 Å². The number of carboxylic acid groups (broad SMARTS) is 1. The number of rotatable bonds is 9. The molecule has 3 N–H and O–H groups in total. The van der Waals surface area contributed by atoms with Crippen LogP contribution in [0.2, 0.25) is 0 Å². The van der Waals surface area contributed by atoms with E-state index in [2.05, 4.69) is 20.8 Å². The average molecular weight is 348 g/mol. The van der Waals surface area contributed by atoms with Crippen LogP contribution in [0.15, 0.2) is 24.5 Å². The number of aromatic nitrogens is 4. The van der Waals surface area contributed by atoms with Gasteiger partial charge in [0.2, 0.25) is 5.91 Å². The highest BCUT2D eigenvalue weighted by molar-refractivity contribution is 5.92. The van der Waals surface area contributed by atoms with Gasteiger partial charge in [0.05, 0.1) is 13.0 Å². The van der Waals surface area contributed by atoms with Crippen molar-refractivity contribution in [3.05, 3.63) is 35.9 Å². The highest BCUT2D eigenvalue weighted by Crippen LogP contribution is 1.97. The van der Waals surface area contributed by atoms with Crippen molar-refractivity contribution in [2.75, 3.05) is 13.1 Å². The molecule has 2 heterocycles. The van der Waals surface area contributed by atoms with Crippen molar-refractivity contribution in [2.24, 2.45) is 0 Å². The molecule has 0 aliphatic carbocycles. The number of carboxylic acids is 1. The van der Waals surface area contributed by atoms with Crippen LogP contribution in [-0.4, -0.2) is 55.5 Å². The molecular weight excluding hydrogens is 328 g/mol. The molecule has 134 valence electrons. The molecule has 0 radical (unpaired) electrons. The van der Waals surface area contributed by atoms with Crippen molar-refractivity contribution in [2.45, 2.75) is 26.4 Å². The van der Waals surface area contributed by atoms with Crippen molar-refractivity contribution >= 4 is 17.8 Å². The van der Waals surface area contributed by atoms with E-state index in [9.17, 15) is 14.4 Å². The van der Waals surface area contributed by atoms with E-state index < -0.39 is 5.97 Å². The number of aryl methyl sites for hydroxylation is 2. The third kappa shape index (κ3) is 5.75. The molecule has 0 aliphatic heterocycles. The smallest absolute Gasteiger partial charge is 0.305 e. The van der Waals surface area contributed by atoms with Gasteiger partial charge in [0.1, 0.15) is 12.2 Å². The van der Waals surface area contributed by atoms with Gasteiger partial charge in [-0.1, -0.05) is 0 Å². The van der Waals surface area contributed by atoms with Crippen LogP contribution < -0.4 is 10.6 Å². The second-order valence-corrected chi connectivity index (χ2v) is 5.34.